The number of carbonyl (C=O) groups excluding carboxylic acids is 1. The van der Waals surface area contributed by atoms with Crippen molar-refractivity contribution in [2.24, 2.45) is 0 Å². The number of sulfone groups is 1. The van der Waals surface area contributed by atoms with Crippen molar-refractivity contribution in [3.63, 3.8) is 0 Å². The third kappa shape index (κ3) is 4.32. The summed E-state index contributed by atoms with van der Waals surface area (Å²) in [5.41, 5.74) is -0.163. The molecule has 132 valence electrons. The van der Waals surface area contributed by atoms with Crippen LogP contribution in [0.2, 0.25) is 0 Å². The molecule has 2 rings (SSSR count). The second kappa shape index (κ2) is 7.31. The number of hydrogen-bond donors (Lipinski definition) is 0. The smallest absolute Gasteiger partial charge is 0.338 e. The summed E-state index contributed by atoms with van der Waals surface area (Å²) in [6.45, 7) is -0.0928. The van der Waals surface area contributed by atoms with Gasteiger partial charge in [0.15, 0.2) is 9.84 Å². The number of carbonyl (C=O) groups is 1. The molecular formula is C16H15NO7S. The molecule has 9 heteroatoms. The normalized spacial score (nSPS) is 11.0. The van der Waals surface area contributed by atoms with Crippen molar-refractivity contribution < 1.29 is 27.6 Å². The molecule has 0 saturated heterocycles. The van der Waals surface area contributed by atoms with E-state index >= 15 is 0 Å². The molecule has 25 heavy (non-hydrogen) atoms. The number of methoxy groups -OCH3 is 1. The van der Waals surface area contributed by atoms with Gasteiger partial charge in [0.25, 0.3) is 5.69 Å². The highest BCUT2D eigenvalue weighted by atomic mass is 32.2. The van der Waals surface area contributed by atoms with Gasteiger partial charge in [0.05, 0.1) is 17.6 Å². The molecule has 0 aliphatic carbocycles. The molecule has 0 spiro atoms. The van der Waals surface area contributed by atoms with E-state index in [1.807, 2.05) is 0 Å². The maximum absolute atomic E-state index is 12.1. The predicted octanol–water partition coefficient (Wildman–Crippen LogP) is 2.36. The molecule has 0 aliphatic heterocycles. The van der Waals surface area contributed by atoms with E-state index in [2.05, 4.69) is 0 Å². The van der Waals surface area contributed by atoms with E-state index in [1.165, 1.54) is 13.2 Å². The summed E-state index contributed by atoms with van der Waals surface area (Å²) in [5, 5.41) is 11.1. The van der Waals surface area contributed by atoms with E-state index in [-0.39, 0.29) is 12.2 Å². The minimum absolute atomic E-state index is 0.0928. The summed E-state index contributed by atoms with van der Waals surface area (Å²) in [6, 6.07) is 10.0. The van der Waals surface area contributed by atoms with Crippen molar-refractivity contribution in [1.82, 2.24) is 0 Å². The van der Waals surface area contributed by atoms with Crippen LogP contribution in [-0.4, -0.2) is 32.7 Å². The molecule has 8 nitrogen and oxygen atoms in total. The first-order valence-electron chi connectivity index (χ1n) is 7.01. The second-order valence-corrected chi connectivity index (χ2v) is 7.08. The maximum Gasteiger partial charge on any atom is 0.338 e. The second-order valence-electron chi connectivity index (χ2n) is 5.10. The van der Waals surface area contributed by atoms with Gasteiger partial charge in [-0.25, -0.2) is 13.2 Å². The number of hydrogen-bond acceptors (Lipinski definition) is 7. The van der Waals surface area contributed by atoms with Crippen molar-refractivity contribution in [2.75, 3.05) is 13.4 Å². The van der Waals surface area contributed by atoms with E-state index in [4.69, 9.17) is 9.47 Å². The Balaban J connectivity index is 2.25. The summed E-state index contributed by atoms with van der Waals surface area (Å²) >= 11 is 0. The van der Waals surface area contributed by atoms with Crippen LogP contribution in [0.4, 0.5) is 5.69 Å². The topological polar surface area (TPSA) is 113 Å². The lowest BCUT2D eigenvalue weighted by atomic mass is 10.2. The molecule has 0 aliphatic rings. The Labute approximate surface area is 144 Å². The molecule has 2 aromatic carbocycles. The summed E-state index contributed by atoms with van der Waals surface area (Å²) in [7, 11) is -2.32. The lowest BCUT2D eigenvalue weighted by Crippen LogP contribution is -2.09. The van der Waals surface area contributed by atoms with E-state index in [0.29, 0.717) is 11.3 Å². The van der Waals surface area contributed by atoms with Gasteiger partial charge in [-0.15, -0.1) is 0 Å². The highest BCUT2D eigenvalue weighted by Gasteiger charge is 2.24. The molecule has 0 saturated carbocycles. The zero-order valence-electron chi connectivity index (χ0n) is 13.5. The number of para-hydroxylation sites is 1. The summed E-state index contributed by atoms with van der Waals surface area (Å²) in [6.07, 6.45) is 0.856. The van der Waals surface area contributed by atoms with Gasteiger partial charge >= 0.3 is 5.97 Å². The first-order chi connectivity index (χ1) is 11.7. The van der Waals surface area contributed by atoms with Crippen molar-refractivity contribution in [3.05, 3.63) is 63.7 Å². The first kappa shape index (κ1) is 18.4. The van der Waals surface area contributed by atoms with Gasteiger partial charge < -0.3 is 9.47 Å². The fraction of sp³-hybridized carbons (Fsp3) is 0.188. The van der Waals surface area contributed by atoms with E-state index in [9.17, 15) is 23.3 Å². The van der Waals surface area contributed by atoms with Crippen molar-refractivity contribution >= 4 is 21.5 Å². The van der Waals surface area contributed by atoms with Crippen molar-refractivity contribution in [2.45, 2.75) is 11.5 Å². The Morgan fingerprint density at radius 1 is 1.20 bits per heavy atom. The molecule has 0 bridgehead atoms. The van der Waals surface area contributed by atoms with Crippen LogP contribution in [0, 0.1) is 10.1 Å². The lowest BCUT2D eigenvalue weighted by Gasteiger charge is -2.09. The molecule has 0 amide bonds. The van der Waals surface area contributed by atoms with Gasteiger partial charge in [-0.2, -0.15) is 0 Å². The van der Waals surface area contributed by atoms with Gasteiger partial charge in [0.2, 0.25) is 0 Å². The molecule has 0 N–H and O–H groups in total. The molecular weight excluding hydrogens is 350 g/mol. The van der Waals surface area contributed by atoms with E-state index in [0.717, 1.165) is 18.4 Å². The Kier molecular flexibility index (Phi) is 5.38. The summed E-state index contributed by atoms with van der Waals surface area (Å²) in [4.78, 5) is 21.9. The SMILES string of the molecule is COc1ccccc1COC(=O)c1ccc(S(C)(=O)=O)c([N+](=O)[O-])c1. The number of ether oxygens (including phenoxy) is 2. The zero-order valence-corrected chi connectivity index (χ0v) is 14.3. The Morgan fingerprint density at radius 3 is 2.48 bits per heavy atom. The number of rotatable bonds is 6. The third-order valence-corrected chi connectivity index (χ3v) is 4.49. The monoisotopic (exact) mass is 365 g/mol. The number of benzene rings is 2. The molecule has 2 aromatic rings. The standard InChI is InChI=1S/C16H15NO7S/c1-23-14-6-4-3-5-12(14)10-24-16(18)11-7-8-15(25(2,21)22)13(9-11)17(19)20/h3-9H,10H2,1-2H3. The molecule has 0 unspecified atom stereocenters. The van der Waals surface area contributed by atoms with Crippen molar-refractivity contribution in [1.29, 1.82) is 0 Å². The Hall–Kier alpha value is -2.94. The third-order valence-electron chi connectivity index (χ3n) is 3.34. The minimum atomic E-state index is -3.80. The zero-order chi connectivity index (χ0) is 18.6. The highest BCUT2D eigenvalue weighted by molar-refractivity contribution is 7.90. The van der Waals surface area contributed by atoms with Crippen LogP contribution < -0.4 is 4.74 Å². The lowest BCUT2D eigenvalue weighted by molar-refractivity contribution is -0.387. The number of nitrogens with zero attached hydrogens (tertiary/aromatic N) is 1. The molecule has 0 heterocycles. The van der Waals surface area contributed by atoms with Crippen LogP contribution in [0.25, 0.3) is 0 Å². The van der Waals surface area contributed by atoms with Crippen LogP contribution in [0.3, 0.4) is 0 Å². The molecule has 0 radical (unpaired) electrons. The van der Waals surface area contributed by atoms with Gasteiger partial charge in [-0.1, -0.05) is 18.2 Å². The maximum atomic E-state index is 12.1. The van der Waals surface area contributed by atoms with E-state index in [1.54, 1.807) is 24.3 Å². The van der Waals surface area contributed by atoms with Crippen LogP contribution in [0.15, 0.2) is 47.4 Å². The van der Waals surface area contributed by atoms with Crippen LogP contribution >= 0.6 is 0 Å². The Bertz CT molecular complexity index is 922. The summed E-state index contributed by atoms with van der Waals surface area (Å²) < 4.78 is 33.4. The highest BCUT2D eigenvalue weighted by Crippen LogP contribution is 2.26. The van der Waals surface area contributed by atoms with Gasteiger partial charge in [-0.05, 0) is 18.2 Å². The largest absolute Gasteiger partial charge is 0.496 e. The quantitative estimate of drug-likeness (QED) is 0.439. The fourth-order valence-electron chi connectivity index (χ4n) is 2.15. The first-order valence-corrected chi connectivity index (χ1v) is 8.90. The summed E-state index contributed by atoms with van der Waals surface area (Å²) in [5.74, 6) is -0.275. The Morgan fingerprint density at radius 2 is 1.88 bits per heavy atom. The van der Waals surface area contributed by atoms with Gasteiger partial charge in [0, 0.05) is 17.9 Å². The van der Waals surface area contributed by atoms with Gasteiger partial charge in [-0.3, -0.25) is 10.1 Å². The molecule has 0 atom stereocenters. The van der Waals surface area contributed by atoms with E-state index < -0.39 is 31.3 Å². The molecule has 0 fully saturated rings. The molecule has 0 aromatic heterocycles. The van der Waals surface area contributed by atoms with Crippen LogP contribution in [0.5, 0.6) is 5.75 Å². The number of nitro groups is 1. The van der Waals surface area contributed by atoms with Crippen LogP contribution in [0.1, 0.15) is 15.9 Å². The average molecular weight is 365 g/mol. The van der Waals surface area contributed by atoms with Gasteiger partial charge in [0.1, 0.15) is 17.3 Å². The van der Waals surface area contributed by atoms with Crippen LogP contribution in [-0.2, 0) is 21.2 Å². The average Bonchev–Trinajstić information content (AvgIpc) is 2.58. The van der Waals surface area contributed by atoms with Crippen molar-refractivity contribution in [3.8, 4) is 5.75 Å². The number of nitro benzene ring substituents is 1. The predicted molar refractivity (Wildman–Crippen MR) is 88.3 cm³/mol. The minimum Gasteiger partial charge on any atom is -0.496 e. The number of esters is 1. The fourth-order valence-corrected chi connectivity index (χ4v) is 2.98.